The van der Waals surface area contributed by atoms with E-state index in [4.69, 9.17) is 0 Å². The second kappa shape index (κ2) is 5.83. The van der Waals surface area contributed by atoms with Crippen LogP contribution in [0.4, 0.5) is 0 Å². The second-order valence-corrected chi connectivity index (χ2v) is 5.03. The summed E-state index contributed by atoms with van der Waals surface area (Å²) in [6, 6.07) is 12.8. The zero-order chi connectivity index (χ0) is 14.7. The van der Waals surface area contributed by atoms with Gasteiger partial charge in [-0.25, -0.2) is 0 Å². The van der Waals surface area contributed by atoms with Gasteiger partial charge in [-0.3, -0.25) is 9.59 Å². The molecule has 0 atom stereocenters. The minimum Gasteiger partial charge on any atom is -0.357 e. The Bertz CT molecular complexity index is 614. The Hall–Kier alpha value is -2.56. The van der Waals surface area contributed by atoms with Gasteiger partial charge in [0.25, 0.3) is 11.8 Å². The average molecular weight is 283 g/mol. The third-order valence-corrected chi connectivity index (χ3v) is 3.70. The van der Waals surface area contributed by atoms with E-state index in [1.165, 1.54) is 0 Å². The van der Waals surface area contributed by atoms with Crippen LogP contribution in [-0.4, -0.2) is 52.8 Å². The molecule has 0 saturated carbocycles. The third-order valence-electron chi connectivity index (χ3n) is 3.70. The van der Waals surface area contributed by atoms with E-state index in [0.717, 1.165) is 0 Å². The van der Waals surface area contributed by atoms with Crippen LogP contribution in [0.1, 0.15) is 20.8 Å². The number of amides is 2. The number of carbonyl (C=O) groups is 2. The molecule has 5 heteroatoms. The fourth-order valence-corrected chi connectivity index (χ4v) is 2.51. The van der Waals surface area contributed by atoms with Gasteiger partial charge >= 0.3 is 0 Å². The monoisotopic (exact) mass is 283 g/mol. The van der Waals surface area contributed by atoms with E-state index < -0.39 is 0 Å². The van der Waals surface area contributed by atoms with Crippen LogP contribution in [-0.2, 0) is 0 Å². The van der Waals surface area contributed by atoms with Gasteiger partial charge in [0.05, 0.1) is 0 Å². The maximum absolute atomic E-state index is 12.3. The summed E-state index contributed by atoms with van der Waals surface area (Å²) in [4.78, 5) is 31.0. The molecule has 0 spiro atoms. The van der Waals surface area contributed by atoms with Crippen LogP contribution >= 0.6 is 0 Å². The van der Waals surface area contributed by atoms with Crippen molar-refractivity contribution < 1.29 is 9.59 Å². The highest BCUT2D eigenvalue weighted by Crippen LogP contribution is 2.11. The average Bonchev–Trinajstić information content (AvgIpc) is 3.09. The van der Waals surface area contributed by atoms with Crippen molar-refractivity contribution in [2.75, 3.05) is 26.2 Å². The quantitative estimate of drug-likeness (QED) is 0.910. The number of piperazine rings is 1. The van der Waals surface area contributed by atoms with Gasteiger partial charge < -0.3 is 14.8 Å². The Morgan fingerprint density at radius 1 is 0.810 bits per heavy atom. The molecule has 1 fully saturated rings. The summed E-state index contributed by atoms with van der Waals surface area (Å²) in [7, 11) is 0. The van der Waals surface area contributed by atoms with Gasteiger partial charge in [-0.1, -0.05) is 18.2 Å². The van der Waals surface area contributed by atoms with Crippen LogP contribution < -0.4 is 0 Å². The highest BCUT2D eigenvalue weighted by Gasteiger charge is 2.25. The number of hydrogen-bond donors (Lipinski definition) is 1. The number of carbonyl (C=O) groups excluding carboxylic acids is 2. The SMILES string of the molecule is O=C(c1ccccc1)N1CCN(C(=O)c2ccc[nH]2)CC1. The first-order chi connectivity index (χ1) is 10.3. The van der Waals surface area contributed by atoms with Crippen LogP contribution in [0.15, 0.2) is 48.7 Å². The van der Waals surface area contributed by atoms with Crippen LogP contribution in [0.2, 0.25) is 0 Å². The molecule has 0 aliphatic carbocycles. The minimum absolute atomic E-state index is 0.00758. The van der Waals surface area contributed by atoms with Crippen molar-refractivity contribution in [3.05, 3.63) is 59.9 Å². The van der Waals surface area contributed by atoms with Crippen molar-refractivity contribution in [2.45, 2.75) is 0 Å². The van der Waals surface area contributed by atoms with E-state index in [1.54, 1.807) is 22.1 Å². The lowest BCUT2D eigenvalue weighted by atomic mass is 10.2. The third kappa shape index (κ3) is 2.81. The number of benzene rings is 1. The van der Waals surface area contributed by atoms with Crippen molar-refractivity contribution in [3.63, 3.8) is 0 Å². The lowest BCUT2D eigenvalue weighted by molar-refractivity contribution is 0.0532. The zero-order valence-electron chi connectivity index (χ0n) is 11.7. The van der Waals surface area contributed by atoms with Crippen molar-refractivity contribution in [2.24, 2.45) is 0 Å². The number of H-pyrrole nitrogens is 1. The van der Waals surface area contributed by atoms with E-state index >= 15 is 0 Å². The molecule has 1 aliphatic rings. The molecule has 1 saturated heterocycles. The number of hydrogen-bond acceptors (Lipinski definition) is 2. The van der Waals surface area contributed by atoms with Crippen LogP contribution in [0.5, 0.6) is 0 Å². The van der Waals surface area contributed by atoms with Gasteiger partial charge in [0.2, 0.25) is 0 Å². The molecule has 1 aromatic carbocycles. The van der Waals surface area contributed by atoms with Gasteiger partial charge in [0.15, 0.2) is 0 Å². The minimum atomic E-state index is -0.00758. The summed E-state index contributed by atoms with van der Waals surface area (Å²) >= 11 is 0. The van der Waals surface area contributed by atoms with Gasteiger partial charge in [-0.2, -0.15) is 0 Å². The maximum atomic E-state index is 12.3. The Labute approximate surface area is 123 Å². The molecule has 0 radical (unpaired) electrons. The molecule has 1 aliphatic heterocycles. The Morgan fingerprint density at radius 2 is 1.43 bits per heavy atom. The van der Waals surface area contributed by atoms with E-state index in [1.807, 2.05) is 36.4 Å². The zero-order valence-corrected chi connectivity index (χ0v) is 11.7. The molecule has 2 aromatic rings. The van der Waals surface area contributed by atoms with Crippen LogP contribution in [0.3, 0.4) is 0 Å². The summed E-state index contributed by atoms with van der Waals surface area (Å²) in [5.74, 6) is 0.0226. The summed E-state index contributed by atoms with van der Waals surface area (Å²) in [6.07, 6.45) is 1.74. The van der Waals surface area contributed by atoms with Gasteiger partial charge in [-0.05, 0) is 24.3 Å². The molecule has 0 bridgehead atoms. The number of aromatic nitrogens is 1. The Balaban J connectivity index is 1.60. The Morgan fingerprint density at radius 3 is 2.00 bits per heavy atom. The standard InChI is InChI=1S/C16H17N3O2/c20-15(13-5-2-1-3-6-13)18-9-11-19(12-10-18)16(21)14-7-4-8-17-14/h1-8,17H,9-12H2. The molecule has 1 aromatic heterocycles. The lowest BCUT2D eigenvalue weighted by Crippen LogP contribution is -2.50. The number of aromatic amines is 1. The fraction of sp³-hybridized carbons (Fsp3) is 0.250. The highest BCUT2D eigenvalue weighted by molar-refractivity contribution is 5.95. The van der Waals surface area contributed by atoms with E-state index in [2.05, 4.69) is 4.98 Å². The molecule has 3 rings (SSSR count). The summed E-state index contributed by atoms with van der Waals surface area (Å²) in [5.41, 5.74) is 1.29. The molecule has 1 N–H and O–H groups in total. The lowest BCUT2D eigenvalue weighted by Gasteiger charge is -2.34. The molecule has 108 valence electrons. The predicted octanol–water partition coefficient (Wildman–Crippen LogP) is 1.61. The Kier molecular flexibility index (Phi) is 3.73. The number of nitrogens with zero attached hydrogens (tertiary/aromatic N) is 2. The molecule has 5 nitrogen and oxygen atoms in total. The molecule has 2 heterocycles. The molecule has 2 amide bonds. The molecule has 21 heavy (non-hydrogen) atoms. The molecular weight excluding hydrogens is 266 g/mol. The topological polar surface area (TPSA) is 56.4 Å². The predicted molar refractivity (Wildman–Crippen MR) is 79.0 cm³/mol. The summed E-state index contributed by atoms with van der Waals surface area (Å²) in [6.45, 7) is 2.27. The van der Waals surface area contributed by atoms with Crippen molar-refractivity contribution >= 4 is 11.8 Å². The van der Waals surface area contributed by atoms with Crippen molar-refractivity contribution in [1.82, 2.24) is 14.8 Å². The number of rotatable bonds is 2. The smallest absolute Gasteiger partial charge is 0.270 e. The summed E-state index contributed by atoms with van der Waals surface area (Å²) < 4.78 is 0. The van der Waals surface area contributed by atoms with Crippen molar-refractivity contribution in [1.29, 1.82) is 0 Å². The first-order valence-electron chi connectivity index (χ1n) is 7.03. The molecular formula is C16H17N3O2. The normalized spacial score (nSPS) is 15.0. The first kappa shape index (κ1) is 13.4. The largest absolute Gasteiger partial charge is 0.357 e. The summed E-state index contributed by atoms with van der Waals surface area (Å²) in [5, 5.41) is 0. The van der Waals surface area contributed by atoms with Gasteiger partial charge in [0, 0.05) is 37.9 Å². The van der Waals surface area contributed by atoms with Crippen LogP contribution in [0.25, 0.3) is 0 Å². The van der Waals surface area contributed by atoms with Gasteiger partial charge in [0.1, 0.15) is 5.69 Å². The second-order valence-electron chi connectivity index (χ2n) is 5.03. The first-order valence-corrected chi connectivity index (χ1v) is 7.03. The van der Waals surface area contributed by atoms with Gasteiger partial charge in [-0.15, -0.1) is 0 Å². The highest BCUT2D eigenvalue weighted by atomic mass is 16.2. The molecule has 0 unspecified atom stereocenters. The maximum Gasteiger partial charge on any atom is 0.270 e. The van der Waals surface area contributed by atoms with Crippen LogP contribution in [0, 0.1) is 0 Å². The number of nitrogens with one attached hydrogen (secondary N) is 1. The fourth-order valence-electron chi connectivity index (χ4n) is 2.51. The van der Waals surface area contributed by atoms with E-state index in [-0.39, 0.29) is 11.8 Å². The van der Waals surface area contributed by atoms with Crippen molar-refractivity contribution in [3.8, 4) is 0 Å². The van der Waals surface area contributed by atoms with E-state index in [0.29, 0.717) is 37.4 Å². The van der Waals surface area contributed by atoms with E-state index in [9.17, 15) is 9.59 Å².